The Morgan fingerprint density at radius 1 is 1.86 bits per heavy atom. The first-order chi connectivity index (χ1) is 3.27. The Labute approximate surface area is 44.4 Å². The zero-order chi connectivity index (χ0) is 5.70. The smallest absolute Gasteiger partial charge is 0.283 e. The van der Waals surface area contributed by atoms with Crippen LogP contribution in [0, 0.1) is 10.1 Å². The molecular weight excluding hydrogens is 121 g/mol. The van der Waals surface area contributed by atoms with Gasteiger partial charge in [0.25, 0.3) is 5.09 Å². The summed E-state index contributed by atoms with van der Waals surface area (Å²) in [5, 5.41) is 8.27. The number of hydrogen-bond acceptors (Lipinski definition) is 3. The Balaban J connectivity index is 3.14. The first-order valence-electron chi connectivity index (χ1n) is 1.33. The Hall–Kier alpha value is -0.770. The van der Waals surface area contributed by atoms with Crippen molar-refractivity contribution in [1.29, 1.82) is 0 Å². The molecule has 0 radical (unpaired) electrons. The van der Waals surface area contributed by atoms with Gasteiger partial charge in [-0.3, -0.25) is 4.84 Å². The van der Waals surface area contributed by atoms with Crippen LogP contribution in [0.2, 0.25) is 0 Å². The highest BCUT2D eigenvalue weighted by Gasteiger charge is 1.82. The molecule has 0 aromatic rings. The van der Waals surface area contributed by atoms with Crippen LogP contribution in [-0.2, 0) is 4.84 Å². The average molecular weight is 123 g/mol. The van der Waals surface area contributed by atoms with Gasteiger partial charge < -0.3 is 0 Å². The summed E-state index contributed by atoms with van der Waals surface area (Å²) in [7, 11) is 0. The summed E-state index contributed by atoms with van der Waals surface area (Å²) in [6.07, 6.45) is 0.765. The van der Waals surface area contributed by atoms with E-state index in [1.54, 1.807) is 0 Å². The lowest BCUT2D eigenvalue weighted by Gasteiger charge is -1.79. The zero-order valence-electron chi connectivity index (χ0n) is 3.20. The summed E-state index contributed by atoms with van der Waals surface area (Å²) >= 11 is 4.84. The molecule has 7 heavy (non-hydrogen) atoms. The lowest BCUT2D eigenvalue weighted by atomic mass is 11.2. The number of hydrogen-bond donors (Lipinski definition) is 0. The van der Waals surface area contributed by atoms with Crippen molar-refractivity contribution in [3.8, 4) is 0 Å². The maximum absolute atomic E-state index is 9.23. The van der Waals surface area contributed by atoms with Gasteiger partial charge in [0.05, 0.1) is 6.26 Å². The molecule has 0 amide bonds. The molecule has 0 N–H and O–H groups in total. The van der Waals surface area contributed by atoms with E-state index in [4.69, 9.17) is 11.6 Å². The topological polar surface area (TPSA) is 52.4 Å². The summed E-state index contributed by atoms with van der Waals surface area (Å²) in [4.78, 5) is 12.8. The Morgan fingerprint density at radius 3 is 2.57 bits per heavy atom. The zero-order valence-corrected chi connectivity index (χ0v) is 3.96. The first kappa shape index (κ1) is 6.23. The molecule has 0 aromatic carbocycles. The van der Waals surface area contributed by atoms with Crippen molar-refractivity contribution in [3.63, 3.8) is 0 Å². The van der Waals surface area contributed by atoms with Crippen LogP contribution in [0.4, 0.5) is 0 Å². The van der Waals surface area contributed by atoms with E-state index in [0.717, 1.165) is 11.8 Å². The Kier molecular flexibility index (Phi) is 3.04. The molecule has 0 aliphatic rings. The fraction of sp³-hybridized carbons (Fsp3) is 0. The minimum atomic E-state index is -0.959. The van der Waals surface area contributed by atoms with Gasteiger partial charge in [-0.25, -0.2) is 0 Å². The van der Waals surface area contributed by atoms with E-state index in [9.17, 15) is 10.1 Å². The SMILES string of the molecule is O=[N+]([O-])OC=CCl. The third-order valence-corrected chi connectivity index (χ3v) is 0.301. The summed E-state index contributed by atoms with van der Waals surface area (Å²) in [5.41, 5.74) is 0.906. The number of halogens is 1. The second-order valence-electron chi connectivity index (χ2n) is 0.591. The molecule has 0 spiro atoms. The van der Waals surface area contributed by atoms with E-state index in [1.165, 1.54) is 0 Å². The fourth-order valence-electron chi connectivity index (χ4n) is 0.0727. The normalized spacial score (nSPS) is 9.29. The van der Waals surface area contributed by atoms with Crippen molar-refractivity contribution in [2.24, 2.45) is 0 Å². The van der Waals surface area contributed by atoms with E-state index in [-0.39, 0.29) is 0 Å². The molecule has 0 aromatic heterocycles. The van der Waals surface area contributed by atoms with Crippen LogP contribution in [-0.4, -0.2) is 5.09 Å². The van der Waals surface area contributed by atoms with E-state index in [2.05, 4.69) is 4.84 Å². The van der Waals surface area contributed by atoms with Crippen LogP contribution in [0.5, 0.6) is 0 Å². The highest BCUT2D eigenvalue weighted by molar-refractivity contribution is 6.25. The van der Waals surface area contributed by atoms with Gasteiger partial charge in [0.1, 0.15) is 0 Å². The van der Waals surface area contributed by atoms with Crippen LogP contribution >= 0.6 is 11.6 Å². The van der Waals surface area contributed by atoms with Crippen LogP contribution in [0.15, 0.2) is 11.8 Å². The molecule has 0 aliphatic heterocycles. The highest BCUT2D eigenvalue weighted by atomic mass is 35.5. The predicted molar refractivity (Wildman–Crippen MR) is 23.1 cm³/mol. The Morgan fingerprint density at radius 2 is 2.43 bits per heavy atom. The summed E-state index contributed by atoms with van der Waals surface area (Å²) < 4.78 is 0. The third kappa shape index (κ3) is 5.23. The summed E-state index contributed by atoms with van der Waals surface area (Å²) in [5.74, 6) is 0. The van der Waals surface area contributed by atoms with Crippen molar-refractivity contribution in [1.82, 2.24) is 0 Å². The molecule has 4 nitrogen and oxygen atoms in total. The van der Waals surface area contributed by atoms with Crippen molar-refractivity contribution >= 4 is 11.6 Å². The minimum Gasteiger partial charge on any atom is -0.283 e. The summed E-state index contributed by atoms with van der Waals surface area (Å²) in [6.45, 7) is 0. The fourth-order valence-corrected chi connectivity index (χ4v) is 0.119. The molecule has 0 heterocycles. The first-order valence-corrected chi connectivity index (χ1v) is 1.77. The van der Waals surface area contributed by atoms with Crippen molar-refractivity contribution in [2.75, 3.05) is 0 Å². The number of nitrogens with zero attached hydrogens (tertiary/aromatic N) is 1. The highest BCUT2D eigenvalue weighted by Crippen LogP contribution is 1.79. The van der Waals surface area contributed by atoms with Gasteiger partial charge in [-0.2, -0.15) is 0 Å². The van der Waals surface area contributed by atoms with Crippen molar-refractivity contribution in [2.45, 2.75) is 0 Å². The predicted octanol–water partition coefficient (Wildman–Crippen LogP) is 0.905. The van der Waals surface area contributed by atoms with E-state index in [0.29, 0.717) is 0 Å². The van der Waals surface area contributed by atoms with Crippen LogP contribution in [0.1, 0.15) is 0 Å². The van der Waals surface area contributed by atoms with E-state index in [1.807, 2.05) is 0 Å². The maximum Gasteiger partial charge on any atom is 0.299 e. The quantitative estimate of drug-likeness (QED) is 0.312. The van der Waals surface area contributed by atoms with Crippen molar-refractivity contribution in [3.05, 3.63) is 21.9 Å². The lowest BCUT2D eigenvalue weighted by molar-refractivity contribution is -0.737. The maximum atomic E-state index is 9.23. The van der Waals surface area contributed by atoms with Crippen molar-refractivity contribution < 1.29 is 9.92 Å². The standard InChI is InChI=1S/C2H2ClNO3/c3-1-2-7-4(5)6/h1-2H. The Bertz CT molecular complexity index is 90.9. The van der Waals surface area contributed by atoms with Gasteiger partial charge >= 0.3 is 0 Å². The molecule has 0 bridgehead atoms. The second kappa shape index (κ2) is 3.42. The number of rotatable bonds is 2. The molecule has 5 heteroatoms. The monoisotopic (exact) mass is 123 g/mol. The largest absolute Gasteiger partial charge is 0.299 e. The van der Waals surface area contributed by atoms with Crippen LogP contribution < -0.4 is 0 Å². The molecule has 0 unspecified atom stereocenters. The minimum absolute atomic E-state index is 0.765. The molecule has 0 rings (SSSR count). The van der Waals surface area contributed by atoms with E-state index >= 15 is 0 Å². The second-order valence-corrected chi connectivity index (χ2v) is 0.843. The van der Waals surface area contributed by atoms with Gasteiger partial charge in [-0.15, -0.1) is 10.1 Å². The molecule has 40 valence electrons. The lowest BCUT2D eigenvalue weighted by Crippen LogP contribution is -1.90. The van der Waals surface area contributed by atoms with Gasteiger partial charge in [0, 0.05) is 5.54 Å². The molecule has 0 fully saturated rings. The molecule has 0 atom stereocenters. The summed E-state index contributed by atoms with van der Waals surface area (Å²) in [6, 6.07) is 0. The van der Waals surface area contributed by atoms with Gasteiger partial charge in [-0.05, 0) is 0 Å². The molecule has 0 saturated carbocycles. The van der Waals surface area contributed by atoms with Crippen LogP contribution in [0.25, 0.3) is 0 Å². The molecular formula is C2H2ClNO3. The average Bonchev–Trinajstić information content (AvgIpc) is 1.61. The molecule has 0 saturated heterocycles. The van der Waals surface area contributed by atoms with Gasteiger partial charge in [-0.1, -0.05) is 11.6 Å². The van der Waals surface area contributed by atoms with Crippen LogP contribution in [0.3, 0.4) is 0 Å². The van der Waals surface area contributed by atoms with E-state index < -0.39 is 5.09 Å². The third-order valence-electron chi connectivity index (χ3n) is 0.198. The van der Waals surface area contributed by atoms with Gasteiger partial charge in [0.15, 0.2) is 0 Å². The molecule has 0 aliphatic carbocycles. The van der Waals surface area contributed by atoms with Gasteiger partial charge in [0.2, 0.25) is 0 Å².